The minimum Gasteiger partial charge on any atom is -0.286 e. The molecule has 0 saturated carbocycles. The van der Waals surface area contributed by atoms with Crippen LogP contribution in [0.4, 0.5) is 0 Å². The van der Waals surface area contributed by atoms with Crippen molar-refractivity contribution in [1.82, 2.24) is 0 Å². The predicted octanol–water partition coefficient (Wildman–Crippen LogP) is 9.90. The summed E-state index contributed by atoms with van der Waals surface area (Å²) >= 11 is 0. The Labute approximate surface area is 237 Å². The molecule has 0 rings (SSSR count). The van der Waals surface area contributed by atoms with Gasteiger partial charge in [-0.2, -0.15) is 8.42 Å². The average Bonchev–Trinajstić information content (AvgIpc) is 2.80. The summed E-state index contributed by atoms with van der Waals surface area (Å²) < 4.78 is 30.0. The summed E-state index contributed by atoms with van der Waals surface area (Å²) in [5.74, 6) is -0.0769. The van der Waals surface area contributed by atoms with Crippen molar-refractivity contribution < 1.29 is 13.0 Å². The first-order valence-corrected chi connectivity index (χ1v) is 17.1. The monoisotopic (exact) mass is 528 g/mol. The molecule has 0 atom stereocenters. The molecule has 0 aliphatic heterocycles. The van der Waals surface area contributed by atoms with Crippen molar-refractivity contribution in [2.45, 2.75) is 187 Å². The summed E-state index contributed by atoms with van der Waals surface area (Å²) in [6, 6.07) is 0. The summed E-state index contributed by atoms with van der Waals surface area (Å²) in [4.78, 5) is 0. The van der Waals surface area contributed by atoms with Crippen LogP contribution in [0, 0.1) is 0 Å². The zero-order valence-corrected chi connectivity index (χ0v) is 24.0. The molecule has 0 radical (unpaired) electrons. The number of hydrogen-bond donors (Lipinski definition) is 1. The van der Waals surface area contributed by atoms with Crippen LogP contribution in [0.25, 0.3) is 0 Å². The Morgan fingerprint density at radius 2 is 0.543 bits per heavy atom. The van der Waals surface area contributed by atoms with Gasteiger partial charge in [0.05, 0.1) is 5.75 Å². The molecule has 210 valence electrons. The Morgan fingerprint density at radius 3 is 0.714 bits per heavy atom. The van der Waals surface area contributed by atoms with Gasteiger partial charge in [-0.05, 0) is 6.42 Å². The first-order chi connectivity index (χ1) is 16.6. The van der Waals surface area contributed by atoms with E-state index in [1.54, 1.807) is 0 Å². The van der Waals surface area contributed by atoms with Gasteiger partial charge in [0, 0.05) is 0 Å². The van der Waals surface area contributed by atoms with Crippen molar-refractivity contribution in [1.29, 1.82) is 0 Å². The van der Waals surface area contributed by atoms with E-state index in [0.29, 0.717) is 6.42 Å². The second kappa shape index (κ2) is 30.9. The standard InChI is InChI=1S/C30H62O3S.Mg.2H/c1-2-3-4-5-6-7-8-9-10-11-12-13-14-15-16-17-18-19-20-21-22-23-24-25-26-27-28-29-30-34(31,32)33;;;/h2-30H2,1H3,(H,31,32,33);;;. The normalized spacial score (nSPS) is 11.6. The lowest BCUT2D eigenvalue weighted by Gasteiger charge is -2.04. The third kappa shape index (κ3) is 36.9. The van der Waals surface area contributed by atoms with Crippen molar-refractivity contribution in [3.8, 4) is 0 Å². The minimum atomic E-state index is -3.75. The van der Waals surface area contributed by atoms with E-state index < -0.39 is 10.1 Å². The van der Waals surface area contributed by atoms with Crippen molar-refractivity contribution in [2.75, 3.05) is 5.75 Å². The predicted molar refractivity (Wildman–Crippen MR) is 160 cm³/mol. The molecule has 35 heavy (non-hydrogen) atoms. The van der Waals surface area contributed by atoms with Crippen LogP contribution in [0.3, 0.4) is 0 Å². The van der Waals surface area contributed by atoms with Crippen LogP contribution >= 0.6 is 0 Å². The summed E-state index contributed by atoms with van der Waals surface area (Å²) in [5, 5.41) is 0. The van der Waals surface area contributed by atoms with Crippen LogP contribution in [-0.2, 0) is 10.1 Å². The molecule has 3 nitrogen and oxygen atoms in total. The van der Waals surface area contributed by atoms with Gasteiger partial charge in [0.1, 0.15) is 0 Å². The summed E-state index contributed by atoms with van der Waals surface area (Å²) in [7, 11) is -3.75. The van der Waals surface area contributed by atoms with E-state index in [9.17, 15) is 8.42 Å². The maximum absolute atomic E-state index is 10.6. The third-order valence-electron chi connectivity index (χ3n) is 7.26. The van der Waals surface area contributed by atoms with Crippen molar-refractivity contribution >= 4 is 33.2 Å². The second-order valence-electron chi connectivity index (χ2n) is 10.8. The zero-order valence-electron chi connectivity index (χ0n) is 23.2. The van der Waals surface area contributed by atoms with Gasteiger partial charge in [-0.15, -0.1) is 0 Å². The fourth-order valence-electron chi connectivity index (χ4n) is 4.95. The Bertz CT molecular complexity index is 482. The quantitative estimate of drug-likeness (QED) is 0.0596. The van der Waals surface area contributed by atoms with Crippen molar-refractivity contribution in [3.63, 3.8) is 0 Å². The molecule has 0 bridgehead atoms. The molecule has 0 unspecified atom stereocenters. The molecule has 0 amide bonds. The first-order valence-electron chi connectivity index (χ1n) is 15.5. The summed E-state index contributed by atoms with van der Waals surface area (Å²) in [6.45, 7) is 2.29. The maximum atomic E-state index is 10.6. The lowest BCUT2D eigenvalue weighted by molar-refractivity contribution is 0.478. The van der Waals surface area contributed by atoms with E-state index in [1.165, 1.54) is 161 Å². The highest BCUT2D eigenvalue weighted by molar-refractivity contribution is 7.85. The van der Waals surface area contributed by atoms with Gasteiger partial charge >= 0.3 is 23.1 Å². The Kier molecular flexibility index (Phi) is 33.4. The van der Waals surface area contributed by atoms with E-state index >= 15 is 0 Å². The second-order valence-corrected chi connectivity index (χ2v) is 12.4. The average molecular weight is 529 g/mol. The lowest BCUT2D eigenvalue weighted by Crippen LogP contribution is -2.03. The van der Waals surface area contributed by atoms with Crippen LogP contribution in [0.15, 0.2) is 0 Å². The molecule has 5 heteroatoms. The molecule has 0 aromatic rings. The highest BCUT2D eigenvalue weighted by Crippen LogP contribution is 2.16. The molecular weight excluding hydrogens is 465 g/mol. The molecule has 1 N–H and O–H groups in total. The van der Waals surface area contributed by atoms with E-state index in [1.807, 2.05) is 0 Å². The first kappa shape index (κ1) is 37.8. The Balaban J connectivity index is 0. The largest absolute Gasteiger partial charge is 0.316 e. The van der Waals surface area contributed by atoms with Gasteiger partial charge < -0.3 is 0 Å². The van der Waals surface area contributed by atoms with Gasteiger partial charge in [-0.1, -0.05) is 180 Å². The van der Waals surface area contributed by atoms with E-state index in [4.69, 9.17) is 4.55 Å². The van der Waals surface area contributed by atoms with Crippen molar-refractivity contribution in [3.05, 3.63) is 0 Å². The van der Waals surface area contributed by atoms with E-state index in [0.717, 1.165) is 12.8 Å². The highest BCUT2D eigenvalue weighted by atomic mass is 32.2. The van der Waals surface area contributed by atoms with Gasteiger partial charge in [0.15, 0.2) is 0 Å². The van der Waals surface area contributed by atoms with Crippen LogP contribution < -0.4 is 0 Å². The molecule has 0 fully saturated rings. The van der Waals surface area contributed by atoms with Crippen LogP contribution in [0.1, 0.15) is 187 Å². The maximum Gasteiger partial charge on any atom is 0.316 e. The van der Waals surface area contributed by atoms with Gasteiger partial charge in [0.25, 0.3) is 10.1 Å². The van der Waals surface area contributed by atoms with Crippen LogP contribution in [0.2, 0.25) is 0 Å². The summed E-state index contributed by atoms with van der Waals surface area (Å²) in [6.07, 6.45) is 38.0. The third-order valence-corrected chi connectivity index (χ3v) is 8.06. The Hall–Kier alpha value is 0.676. The van der Waals surface area contributed by atoms with Crippen molar-refractivity contribution in [2.24, 2.45) is 0 Å². The molecule has 0 aliphatic carbocycles. The smallest absolute Gasteiger partial charge is 0.286 e. The lowest BCUT2D eigenvalue weighted by atomic mass is 10.0. The molecule has 0 aromatic carbocycles. The molecule has 0 saturated heterocycles. The SMILES string of the molecule is CCCCCCCCCCCCCCCCCCCCCCCCCCCCCCS(=O)(=O)O.[MgH2]. The number of unbranched alkanes of at least 4 members (excludes halogenated alkanes) is 27. The number of hydrogen-bond acceptors (Lipinski definition) is 2. The van der Waals surface area contributed by atoms with E-state index in [-0.39, 0.29) is 28.8 Å². The molecular formula is C30H64MgO3S. The topological polar surface area (TPSA) is 54.4 Å². The van der Waals surface area contributed by atoms with E-state index in [2.05, 4.69) is 6.92 Å². The molecule has 0 aliphatic rings. The number of rotatable bonds is 29. The van der Waals surface area contributed by atoms with Crippen LogP contribution in [-0.4, -0.2) is 41.8 Å². The molecule has 0 aromatic heterocycles. The summed E-state index contributed by atoms with van der Waals surface area (Å²) in [5.41, 5.74) is 0. The Morgan fingerprint density at radius 1 is 0.371 bits per heavy atom. The van der Waals surface area contributed by atoms with Gasteiger partial charge in [0.2, 0.25) is 0 Å². The zero-order chi connectivity index (χ0) is 25.0. The minimum absolute atomic E-state index is 0. The fourth-order valence-corrected chi connectivity index (χ4v) is 5.52. The van der Waals surface area contributed by atoms with Gasteiger partial charge in [-0.3, -0.25) is 4.55 Å². The molecule has 0 heterocycles. The van der Waals surface area contributed by atoms with Crippen LogP contribution in [0.5, 0.6) is 0 Å². The highest BCUT2D eigenvalue weighted by Gasteiger charge is 2.03. The fraction of sp³-hybridized carbons (Fsp3) is 1.00. The molecule has 0 spiro atoms. The van der Waals surface area contributed by atoms with Gasteiger partial charge in [-0.25, -0.2) is 0 Å².